The third kappa shape index (κ3) is 9.95. The van der Waals surface area contributed by atoms with Crippen LogP contribution in [0.25, 0.3) is 0 Å². The first kappa shape index (κ1) is 19.6. The number of methoxy groups -OCH3 is 1. The molecule has 0 unspecified atom stereocenters. The summed E-state index contributed by atoms with van der Waals surface area (Å²) < 4.78 is 4.59. The van der Waals surface area contributed by atoms with E-state index >= 15 is 0 Å². The maximum absolute atomic E-state index is 10.8. The Morgan fingerprint density at radius 2 is 1.63 bits per heavy atom. The Labute approximate surface area is 113 Å². The van der Waals surface area contributed by atoms with E-state index in [1.54, 1.807) is 6.92 Å². The zero-order valence-corrected chi connectivity index (χ0v) is 11.6. The minimum Gasteiger partial charge on any atom is -0.376 e. The normalized spacial score (nSPS) is 8.89. The number of nitrogens with zero attached hydrogens (tertiary/aromatic N) is 1. The van der Waals surface area contributed by atoms with E-state index in [1.165, 1.54) is 14.0 Å². The first-order valence-electron chi connectivity index (χ1n) is 5.40. The number of carbonyl (C=O) groups excluding carboxylic acids is 2. The van der Waals surface area contributed by atoms with Crippen LogP contribution in [-0.2, 0) is 14.3 Å². The van der Waals surface area contributed by atoms with E-state index in [1.807, 2.05) is 0 Å². The minimum atomic E-state index is -0.484. The van der Waals surface area contributed by atoms with Gasteiger partial charge in [-0.1, -0.05) is 13.2 Å². The molecule has 0 aromatic carbocycles. The maximum atomic E-state index is 10.8. The molecule has 0 aliphatic carbocycles. The average molecular weight is 274 g/mol. The summed E-state index contributed by atoms with van der Waals surface area (Å²) in [5, 5.41) is 19.4. The molecule has 0 saturated carbocycles. The minimum absolute atomic E-state index is 0.170. The van der Waals surface area contributed by atoms with Crippen molar-refractivity contribution in [3.63, 3.8) is 0 Å². The van der Waals surface area contributed by atoms with E-state index in [0.717, 1.165) is 4.90 Å². The third-order valence-corrected chi connectivity index (χ3v) is 1.76. The molecule has 0 aromatic heterocycles. The molecular weight excluding hydrogens is 252 g/mol. The van der Waals surface area contributed by atoms with Crippen LogP contribution in [0.3, 0.4) is 0 Å². The Bertz CT molecular complexity index is 324. The molecule has 110 valence electrons. The topological polar surface area (TPSA) is 99.1 Å². The lowest BCUT2D eigenvalue weighted by Crippen LogP contribution is -2.32. The number of amides is 2. The number of nitrogens with one attached hydrogen (secondary N) is 1. The van der Waals surface area contributed by atoms with E-state index in [2.05, 4.69) is 23.2 Å². The molecule has 0 atom stereocenters. The molecule has 0 spiro atoms. The Morgan fingerprint density at radius 1 is 1.16 bits per heavy atom. The first-order valence-corrected chi connectivity index (χ1v) is 5.40. The summed E-state index contributed by atoms with van der Waals surface area (Å²) in [7, 11) is 1.51. The van der Waals surface area contributed by atoms with Gasteiger partial charge in [-0.3, -0.25) is 14.5 Å². The first-order chi connectivity index (χ1) is 8.81. The second-order valence-electron chi connectivity index (χ2n) is 3.63. The molecule has 7 heteroatoms. The SMILES string of the molecule is C=C(C)C(=O)N(CO)CO.C=C(C)C(=O)NCOC. The van der Waals surface area contributed by atoms with Crippen LogP contribution in [0.4, 0.5) is 0 Å². The zero-order chi connectivity index (χ0) is 15.4. The molecule has 0 aliphatic rings. The van der Waals surface area contributed by atoms with Crippen LogP contribution in [0.2, 0.25) is 0 Å². The molecule has 0 radical (unpaired) electrons. The average Bonchev–Trinajstić information content (AvgIpc) is 2.37. The van der Waals surface area contributed by atoms with Crippen molar-refractivity contribution in [3.05, 3.63) is 24.3 Å². The van der Waals surface area contributed by atoms with Crippen LogP contribution in [-0.4, -0.2) is 54.2 Å². The van der Waals surface area contributed by atoms with Gasteiger partial charge in [0, 0.05) is 18.3 Å². The standard InChI is InChI=1S/C6H11NO3.C6H11NO2/c1-5(2)6(10)7(3-8)4-9;1-5(2)6(8)7-4-9-3/h8-9H,1,3-4H2,2H3;1,4H2,2-3H3,(H,7,8). The summed E-state index contributed by atoms with van der Waals surface area (Å²) in [6.07, 6.45) is 0. The lowest BCUT2D eigenvalue weighted by atomic mass is 10.3. The summed E-state index contributed by atoms with van der Waals surface area (Å²) >= 11 is 0. The third-order valence-electron chi connectivity index (χ3n) is 1.76. The Hall–Kier alpha value is -1.70. The van der Waals surface area contributed by atoms with E-state index in [-0.39, 0.29) is 12.6 Å². The van der Waals surface area contributed by atoms with Crippen molar-refractivity contribution in [2.45, 2.75) is 13.8 Å². The van der Waals surface area contributed by atoms with Gasteiger partial charge in [-0.2, -0.15) is 0 Å². The molecule has 0 aliphatic heterocycles. The second-order valence-corrected chi connectivity index (χ2v) is 3.63. The van der Waals surface area contributed by atoms with E-state index < -0.39 is 19.4 Å². The number of aliphatic hydroxyl groups excluding tert-OH is 2. The van der Waals surface area contributed by atoms with Crippen LogP contribution in [0.15, 0.2) is 24.3 Å². The van der Waals surface area contributed by atoms with E-state index in [4.69, 9.17) is 10.2 Å². The maximum Gasteiger partial charge on any atom is 0.252 e. The van der Waals surface area contributed by atoms with Crippen molar-refractivity contribution in [1.29, 1.82) is 0 Å². The summed E-state index contributed by atoms with van der Waals surface area (Å²) in [5.41, 5.74) is 0.787. The molecule has 2 amide bonds. The Balaban J connectivity index is 0. The van der Waals surface area contributed by atoms with Crippen LogP contribution in [0.1, 0.15) is 13.8 Å². The predicted molar refractivity (Wildman–Crippen MR) is 70.7 cm³/mol. The second kappa shape index (κ2) is 11.4. The van der Waals surface area contributed by atoms with Gasteiger partial charge in [0.2, 0.25) is 5.91 Å². The highest BCUT2D eigenvalue weighted by Gasteiger charge is 2.10. The summed E-state index contributed by atoms with van der Waals surface area (Å²) in [6, 6.07) is 0. The number of carbonyl (C=O) groups is 2. The fraction of sp³-hybridized carbons (Fsp3) is 0.500. The molecule has 19 heavy (non-hydrogen) atoms. The van der Waals surface area contributed by atoms with Gasteiger partial charge in [0.1, 0.15) is 20.2 Å². The fourth-order valence-electron chi connectivity index (χ4n) is 0.732. The smallest absolute Gasteiger partial charge is 0.252 e. The molecule has 0 rings (SSSR count). The molecule has 0 saturated heterocycles. The highest BCUT2D eigenvalue weighted by molar-refractivity contribution is 5.92. The van der Waals surface area contributed by atoms with Crippen molar-refractivity contribution < 1.29 is 24.5 Å². The van der Waals surface area contributed by atoms with Crippen LogP contribution >= 0.6 is 0 Å². The number of hydrogen-bond acceptors (Lipinski definition) is 5. The molecule has 3 N–H and O–H groups in total. The van der Waals surface area contributed by atoms with Gasteiger partial charge >= 0.3 is 0 Å². The monoisotopic (exact) mass is 274 g/mol. The van der Waals surface area contributed by atoms with Crippen molar-refractivity contribution in [2.75, 3.05) is 27.3 Å². The number of aliphatic hydroxyl groups is 2. The molecule has 7 nitrogen and oxygen atoms in total. The van der Waals surface area contributed by atoms with Gasteiger partial charge in [-0.15, -0.1) is 0 Å². The van der Waals surface area contributed by atoms with E-state index in [9.17, 15) is 9.59 Å². The molecule has 0 aromatic rings. The van der Waals surface area contributed by atoms with Crippen LogP contribution in [0.5, 0.6) is 0 Å². The molecule has 0 heterocycles. The Kier molecular flexibility index (Phi) is 11.8. The molecule has 0 bridgehead atoms. The van der Waals surface area contributed by atoms with Crippen LogP contribution in [0, 0.1) is 0 Å². The van der Waals surface area contributed by atoms with Crippen molar-refractivity contribution in [2.24, 2.45) is 0 Å². The van der Waals surface area contributed by atoms with Gasteiger partial charge < -0.3 is 20.3 Å². The van der Waals surface area contributed by atoms with Crippen molar-refractivity contribution >= 4 is 11.8 Å². The predicted octanol–water partition coefficient (Wildman–Crippen LogP) is -0.427. The van der Waals surface area contributed by atoms with Gasteiger partial charge in [0.15, 0.2) is 0 Å². The zero-order valence-electron chi connectivity index (χ0n) is 11.6. The van der Waals surface area contributed by atoms with Gasteiger partial charge in [-0.05, 0) is 13.8 Å². The van der Waals surface area contributed by atoms with Crippen molar-refractivity contribution in [1.82, 2.24) is 10.2 Å². The van der Waals surface area contributed by atoms with Gasteiger partial charge in [-0.25, -0.2) is 0 Å². The summed E-state index contributed by atoms with van der Waals surface area (Å²) in [4.78, 5) is 22.3. The number of hydrogen-bond donors (Lipinski definition) is 3. The Morgan fingerprint density at radius 3 is 1.84 bits per heavy atom. The number of rotatable bonds is 6. The van der Waals surface area contributed by atoms with Gasteiger partial charge in [0.05, 0.1) is 0 Å². The van der Waals surface area contributed by atoms with E-state index in [0.29, 0.717) is 11.1 Å². The van der Waals surface area contributed by atoms with Gasteiger partial charge in [0.25, 0.3) is 5.91 Å². The highest BCUT2D eigenvalue weighted by atomic mass is 16.5. The number of ether oxygens (including phenoxy) is 1. The van der Waals surface area contributed by atoms with Crippen LogP contribution < -0.4 is 5.32 Å². The lowest BCUT2D eigenvalue weighted by molar-refractivity contribution is -0.135. The molecule has 0 fully saturated rings. The largest absolute Gasteiger partial charge is 0.376 e. The summed E-state index contributed by atoms with van der Waals surface area (Å²) in [6.45, 7) is 9.23. The summed E-state index contributed by atoms with van der Waals surface area (Å²) in [5.74, 6) is -0.609. The van der Waals surface area contributed by atoms with Crippen molar-refractivity contribution in [3.8, 4) is 0 Å². The highest BCUT2D eigenvalue weighted by Crippen LogP contribution is 1.95. The molecular formula is C12H22N2O5. The quantitative estimate of drug-likeness (QED) is 0.451. The fourth-order valence-corrected chi connectivity index (χ4v) is 0.732. The lowest BCUT2D eigenvalue weighted by Gasteiger charge is -2.15.